The molecule has 0 unspecified atom stereocenters. The number of aromatic nitrogens is 4. The van der Waals surface area contributed by atoms with E-state index < -0.39 is 11.1 Å². The van der Waals surface area contributed by atoms with Crippen molar-refractivity contribution in [3.63, 3.8) is 0 Å². The summed E-state index contributed by atoms with van der Waals surface area (Å²) in [6.07, 6.45) is 4.55. The topological polar surface area (TPSA) is 118 Å². The van der Waals surface area contributed by atoms with E-state index in [2.05, 4.69) is 26.5 Å². The minimum Gasteiger partial charge on any atom is -0.345 e. The van der Waals surface area contributed by atoms with Crippen LogP contribution in [0.2, 0.25) is 0 Å². The molecule has 0 radical (unpaired) electrons. The van der Waals surface area contributed by atoms with E-state index in [0.717, 1.165) is 5.57 Å². The lowest BCUT2D eigenvalue weighted by atomic mass is 10.1. The molecular weight excluding hydrogens is 330 g/mol. The molecule has 26 heavy (non-hydrogen) atoms. The quantitative estimate of drug-likeness (QED) is 0.634. The van der Waals surface area contributed by atoms with Gasteiger partial charge in [-0.05, 0) is 42.3 Å². The van der Waals surface area contributed by atoms with Crippen LogP contribution in [0.5, 0.6) is 0 Å². The van der Waals surface area contributed by atoms with E-state index in [1.165, 1.54) is 12.4 Å². The molecule has 3 rings (SSSR count). The Morgan fingerprint density at radius 3 is 2.31 bits per heavy atom. The Morgan fingerprint density at radius 1 is 1.12 bits per heavy atom. The van der Waals surface area contributed by atoms with Gasteiger partial charge in [-0.2, -0.15) is 5.26 Å². The number of benzene rings is 1. The van der Waals surface area contributed by atoms with Crippen LogP contribution in [0.1, 0.15) is 29.4 Å². The Bertz CT molecular complexity index is 1250. The lowest BCUT2D eigenvalue weighted by Gasteiger charge is -1.96. The number of hydrogen-bond donors (Lipinski definition) is 3. The zero-order chi connectivity index (χ0) is 18.7. The summed E-state index contributed by atoms with van der Waals surface area (Å²) in [6, 6.07) is 8.68. The zero-order valence-corrected chi connectivity index (χ0v) is 14.0. The molecule has 0 atom stereocenters. The third-order valence-electron chi connectivity index (χ3n) is 3.70. The molecule has 7 heteroatoms. The van der Waals surface area contributed by atoms with Crippen molar-refractivity contribution in [2.75, 3.05) is 0 Å². The number of nitrogens with one attached hydrogen (secondary N) is 3. The number of nitriles is 1. The number of aromatic amines is 3. The van der Waals surface area contributed by atoms with Crippen LogP contribution in [-0.4, -0.2) is 19.9 Å². The average molecular weight is 345 g/mol. The van der Waals surface area contributed by atoms with Crippen LogP contribution in [0.15, 0.2) is 46.8 Å². The highest BCUT2D eigenvalue weighted by Gasteiger charge is 2.04. The van der Waals surface area contributed by atoms with Crippen molar-refractivity contribution in [3.8, 4) is 6.07 Å². The normalized spacial score (nSPS) is 12.2. The monoisotopic (exact) mass is 345 g/mol. The molecule has 3 aromatic rings. The molecule has 0 bridgehead atoms. The Balaban J connectivity index is 2.10. The van der Waals surface area contributed by atoms with Crippen LogP contribution in [0, 0.1) is 11.3 Å². The summed E-state index contributed by atoms with van der Waals surface area (Å²) < 4.78 is 0. The predicted molar refractivity (Wildman–Crippen MR) is 98.5 cm³/mol. The largest absolute Gasteiger partial charge is 0.345 e. The van der Waals surface area contributed by atoms with Crippen molar-refractivity contribution in [2.45, 2.75) is 6.92 Å². The van der Waals surface area contributed by atoms with Crippen molar-refractivity contribution < 1.29 is 0 Å². The van der Waals surface area contributed by atoms with Gasteiger partial charge in [-0.25, -0.2) is 4.98 Å². The number of rotatable bonds is 3. The van der Waals surface area contributed by atoms with Crippen LogP contribution < -0.4 is 21.8 Å². The van der Waals surface area contributed by atoms with Crippen LogP contribution in [0.3, 0.4) is 0 Å². The molecule has 0 amide bonds. The molecule has 128 valence electrons. The van der Waals surface area contributed by atoms with Crippen molar-refractivity contribution in [1.82, 2.24) is 19.9 Å². The van der Waals surface area contributed by atoms with Gasteiger partial charge in [-0.3, -0.25) is 9.59 Å². The van der Waals surface area contributed by atoms with E-state index in [-0.39, 0.29) is 10.7 Å². The highest BCUT2D eigenvalue weighted by molar-refractivity contribution is 5.66. The van der Waals surface area contributed by atoms with Crippen molar-refractivity contribution in [3.05, 3.63) is 91.1 Å². The van der Waals surface area contributed by atoms with Crippen LogP contribution in [0.25, 0.3) is 17.7 Å². The van der Waals surface area contributed by atoms with E-state index in [1.54, 1.807) is 37.3 Å². The molecule has 2 heterocycles. The summed E-state index contributed by atoms with van der Waals surface area (Å²) in [5.74, 6) is 0. The Morgan fingerprint density at radius 2 is 1.73 bits per heavy atom. The number of allylic oxidation sites excluding steroid dienone is 1. The number of imidazole rings is 1. The van der Waals surface area contributed by atoms with Gasteiger partial charge in [0.15, 0.2) is 0 Å². The molecule has 0 spiro atoms. The summed E-state index contributed by atoms with van der Waals surface area (Å²) in [4.78, 5) is 36.8. The first kappa shape index (κ1) is 16.9. The molecule has 0 saturated heterocycles. The maximum atomic E-state index is 12.3. The fourth-order valence-corrected chi connectivity index (χ4v) is 2.42. The Hall–Kier alpha value is -3.92. The van der Waals surface area contributed by atoms with E-state index in [4.69, 9.17) is 5.26 Å². The lowest BCUT2D eigenvalue weighted by molar-refractivity contribution is 1.00. The maximum absolute atomic E-state index is 12.3. The first-order chi connectivity index (χ1) is 12.5. The highest BCUT2D eigenvalue weighted by atomic mass is 16.1. The molecule has 0 aliphatic carbocycles. The summed E-state index contributed by atoms with van der Waals surface area (Å²) in [5.41, 5.74) is 2.29. The van der Waals surface area contributed by atoms with Gasteiger partial charge < -0.3 is 15.0 Å². The van der Waals surface area contributed by atoms with E-state index in [0.29, 0.717) is 22.5 Å². The van der Waals surface area contributed by atoms with Gasteiger partial charge in [0.25, 0.3) is 11.1 Å². The summed E-state index contributed by atoms with van der Waals surface area (Å²) >= 11 is 0. The number of nitrogens with zero attached hydrogens (tertiary/aromatic N) is 2. The first-order valence-electron chi connectivity index (χ1n) is 7.73. The molecule has 2 aromatic heterocycles. The fourth-order valence-electron chi connectivity index (χ4n) is 2.42. The Labute approximate surface area is 147 Å². The summed E-state index contributed by atoms with van der Waals surface area (Å²) in [7, 11) is 0. The minimum absolute atomic E-state index is 0.110. The second kappa shape index (κ2) is 6.91. The highest BCUT2D eigenvalue weighted by Crippen LogP contribution is 2.12. The van der Waals surface area contributed by atoms with Crippen molar-refractivity contribution >= 4 is 17.7 Å². The lowest BCUT2D eigenvalue weighted by Crippen LogP contribution is -2.46. The molecule has 1 aromatic carbocycles. The molecule has 0 aliphatic heterocycles. The van der Waals surface area contributed by atoms with E-state index in [9.17, 15) is 9.59 Å². The van der Waals surface area contributed by atoms with Crippen molar-refractivity contribution in [2.24, 2.45) is 0 Å². The van der Waals surface area contributed by atoms with Gasteiger partial charge in [0.2, 0.25) is 0 Å². The van der Waals surface area contributed by atoms with Gasteiger partial charge in [0.05, 0.1) is 29.3 Å². The van der Waals surface area contributed by atoms with Gasteiger partial charge in [-0.1, -0.05) is 18.7 Å². The second-order valence-corrected chi connectivity index (χ2v) is 5.70. The molecule has 7 nitrogen and oxygen atoms in total. The maximum Gasteiger partial charge on any atom is 0.272 e. The van der Waals surface area contributed by atoms with Crippen LogP contribution >= 0.6 is 0 Å². The summed E-state index contributed by atoms with van der Waals surface area (Å²) in [6.45, 7) is 5.63. The molecule has 0 fully saturated rings. The second-order valence-electron chi connectivity index (χ2n) is 5.70. The SMILES string of the molecule is C=C(C)c1nc[nH]c1/C=c1\[nH]c(=O)/c(=C/c2ccc(C#N)cc2)[nH]c1=O. The van der Waals surface area contributed by atoms with E-state index >= 15 is 0 Å². The molecule has 0 saturated carbocycles. The smallest absolute Gasteiger partial charge is 0.272 e. The van der Waals surface area contributed by atoms with Crippen LogP contribution in [0.4, 0.5) is 0 Å². The van der Waals surface area contributed by atoms with Gasteiger partial charge in [0.1, 0.15) is 10.7 Å². The number of H-pyrrole nitrogens is 3. The molecular formula is C19H15N5O2. The third-order valence-corrected chi connectivity index (χ3v) is 3.70. The van der Waals surface area contributed by atoms with Crippen molar-refractivity contribution in [1.29, 1.82) is 5.26 Å². The van der Waals surface area contributed by atoms with Gasteiger partial charge >= 0.3 is 0 Å². The molecule has 0 aliphatic rings. The van der Waals surface area contributed by atoms with Gasteiger partial charge in [0, 0.05) is 0 Å². The standard InChI is InChI=1S/C19H15N5O2/c1-11(2)17-14(21-10-22-17)8-16-19(26)23-15(18(25)24-16)7-12-3-5-13(9-20)6-4-12/h3-8,10H,1H2,2H3,(H,21,22)(H,23,26)(H,24,25)/b15-7-,16-8-. The average Bonchev–Trinajstić information content (AvgIpc) is 3.08. The van der Waals surface area contributed by atoms with Crippen LogP contribution in [-0.2, 0) is 0 Å². The van der Waals surface area contributed by atoms with Gasteiger partial charge in [-0.15, -0.1) is 0 Å². The van der Waals surface area contributed by atoms with E-state index in [1.807, 2.05) is 6.07 Å². The first-order valence-corrected chi connectivity index (χ1v) is 7.73. The number of hydrogen-bond acceptors (Lipinski definition) is 4. The molecule has 3 N–H and O–H groups in total. The Kier molecular flexibility index (Phi) is 4.50. The summed E-state index contributed by atoms with van der Waals surface area (Å²) in [5, 5.41) is 9.05. The predicted octanol–water partition coefficient (Wildman–Crippen LogP) is 0.349. The zero-order valence-electron chi connectivity index (χ0n) is 14.0. The minimum atomic E-state index is -0.438. The fraction of sp³-hybridized carbons (Fsp3) is 0.0526. The third kappa shape index (κ3) is 3.44.